The standard InChI is InChI=1S/C23H26N4O3/c1-15(2)16-9-11-17(12-10-16)23(30)27(3)14-6-13-24-22(29)20-25-19-8-5-4-7-18(19)21(28)26-20/h4-5,7-12,15H,6,13-14H2,1-3H3,(H,24,29)(H,25,26,28). The molecule has 1 aromatic heterocycles. The Labute approximate surface area is 175 Å². The van der Waals surface area contributed by atoms with E-state index in [0.717, 1.165) is 0 Å². The Hall–Kier alpha value is -3.48. The van der Waals surface area contributed by atoms with Crippen LogP contribution in [0.2, 0.25) is 0 Å². The average Bonchev–Trinajstić information content (AvgIpc) is 2.75. The Balaban J connectivity index is 1.51. The van der Waals surface area contributed by atoms with Gasteiger partial charge >= 0.3 is 0 Å². The predicted molar refractivity (Wildman–Crippen MR) is 117 cm³/mol. The summed E-state index contributed by atoms with van der Waals surface area (Å²) in [5.74, 6) is -0.107. The monoisotopic (exact) mass is 406 g/mol. The molecular formula is C23H26N4O3. The minimum atomic E-state index is -0.448. The molecule has 0 saturated carbocycles. The number of fused-ring (bicyclic) bond motifs is 1. The molecule has 0 fully saturated rings. The first kappa shape index (κ1) is 21.2. The van der Waals surface area contributed by atoms with Gasteiger partial charge in [-0.1, -0.05) is 38.1 Å². The van der Waals surface area contributed by atoms with Crippen LogP contribution in [-0.2, 0) is 0 Å². The van der Waals surface area contributed by atoms with Gasteiger partial charge in [-0.05, 0) is 42.2 Å². The molecule has 2 aromatic carbocycles. The number of benzene rings is 2. The molecule has 0 radical (unpaired) electrons. The molecule has 2 N–H and O–H groups in total. The molecule has 0 aliphatic heterocycles. The zero-order valence-corrected chi connectivity index (χ0v) is 17.4. The largest absolute Gasteiger partial charge is 0.349 e. The average molecular weight is 406 g/mol. The third-order valence-corrected chi connectivity index (χ3v) is 4.95. The number of nitrogens with one attached hydrogen (secondary N) is 2. The number of rotatable bonds is 7. The molecule has 0 unspecified atom stereocenters. The van der Waals surface area contributed by atoms with E-state index in [-0.39, 0.29) is 17.3 Å². The van der Waals surface area contributed by atoms with E-state index in [1.54, 1.807) is 36.2 Å². The number of carbonyl (C=O) groups excluding carboxylic acids is 2. The fourth-order valence-electron chi connectivity index (χ4n) is 3.13. The lowest BCUT2D eigenvalue weighted by molar-refractivity contribution is 0.0793. The summed E-state index contributed by atoms with van der Waals surface area (Å²) in [6, 6.07) is 14.5. The van der Waals surface area contributed by atoms with Crippen LogP contribution in [0, 0.1) is 0 Å². The van der Waals surface area contributed by atoms with Gasteiger partial charge in [-0.2, -0.15) is 0 Å². The number of aromatic nitrogens is 2. The molecular weight excluding hydrogens is 380 g/mol. The molecule has 1 heterocycles. The number of aromatic amines is 1. The minimum Gasteiger partial charge on any atom is -0.349 e. The van der Waals surface area contributed by atoms with Crippen molar-refractivity contribution in [1.82, 2.24) is 20.2 Å². The van der Waals surface area contributed by atoms with Crippen molar-refractivity contribution in [3.63, 3.8) is 0 Å². The van der Waals surface area contributed by atoms with Crippen LogP contribution < -0.4 is 10.9 Å². The first-order valence-electron chi connectivity index (χ1n) is 9.99. The Morgan fingerprint density at radius 2 is 1.80 bits per heavy atom. The van der Waals surface area contributed by atoms with Crippen molar-refractivity contribution in [2.75, 3.05) is 20.1 Å². The molecule has 0 spiro atoms. The lowest BCUT2D eigenvalue weighted by atomic mass is 10.0. The first-order valence-corrected chi connectivity index (χ1v) is 9.99. The van der Waals surface area contributed by atoms with Crippen LogP contribution in [0.4, 0.5) is 0 Å². The van der Waals surface area contributed by atoms with Crippen LogP contribution >= 0.6 is 0 Å². The number of amides is 2. The SMILES string of the molecule is CC(C)c1ccc(C(=O)N(C)CCCNC(=O)c2nc3ccccc3c(=O)[nH]2)cc1. The quantitative estimate of drug-likeness (QED) is 0.590. The second-order valence-corrected chi connectivity index (χ2v) is 7.54. The minimum absolute atomic E-state index is 0.0200. The predicted octanol–water partition coefficient (Wildman–Crippen LogP) is 2.94. The van der Waals surface area contributed by atoms with Gasteiger partial charge in [-0.3, -0.25) is 14.4 Å². The molecule has 156 valence electrons. The van der Waals surface area contributed by atoms with Gasteiger partial charge in [0, 0.05) is 25.7 Å². The van der Waals surface area contributed by atoms with E-state index in [4.69, 9.17) is 0 Å². The summed E-state index contributed by atoms with van der Waals surface area (Å²) in [5.41, 5.74) is 1.96. The number of H-pyrrole nitrogens is 1. The van der Waals surface area contributed by atoms with Gasteiger partial charge in [-0.15, -0.1) is 0 Å². The molecule has 0 aliphatic rings. The van der Waals surface area contributed by atoms with Crippen molar-refractivity contribution in [3.05, 3.63) is 75.8 Å². The van der Waals surface area contributed by atoms with Gasteiger partial charge in [0.25, 0.3) is 17.4 Å². The smallest absolute Gasteiger partial charge is 0.287 e. The van der Waals surface area contributed by atoms with Gasteiger partial charge in [-0.25, -0.2) is 4.98 Å². The van der Waals surface area contributed by atoms with Gasteiger partial charge in [0.15, 0.2) is 5.82 Å². The van der Waals surface area contributed by atoms with Gasteiger partial charge in [0.2, 0.25) is 0 Å². The van der Waals surface area contributed by atoms with Crippen molar-refractivity contribution >= 4 is 22.7 Å². The zero-order chi connectivity index (χ0) is 21.7. The molecule has 0 saturated heterocycles. The lowest BCUT2D eigenvalue weighted by Gasteiger charge is -2.17. The summed E-state index contributed by atoms with van der Waals surface area (Å²) < 4.78 is 0. The molecule has 0 atom stereocenters. The third kappa shape index (κ3) is 4.92. The third-order valence-electron chi connectivity index (χ3n) is 4.95. The number of hydrogen-bond acceptors (Lipinski definition) is 4. The Morgan fingerprint density at radius 1 is 1.10 bits per heavy atom. The summed E-state index contributed by atoms with van der Waals surface area (Å²) in [6.45, 7) is 5.08. The number of carbonyl (C=O) groups is 2. The van der Waals surface area contributed by atoms with Crippen LogP contribution in [0.5, 0.6) is 0 Å². The molecule has 7 heteroatoms. The van der Waals surface area contributed by atoms with E-state index in [1.165, 1.54) is 5.56 Å². The second-order valence-electron chi connectivity index (χ2n) is 7.54. The van der Waals surface area contributed by atoms with Crippen LogP contribution in [0.15, 0.2) is 53.3 Å². The number of hydrogen-bond donors (Lipinski definition) is 2. The highest BCUT2D eigenvalue weighted by Crippen LogP contribution is 2.15. The van der Waals surface area contributed by atoms with Gasteiger partial charge in [0.1, 0.15) is 0 Å². The molecule has 0 bridgehead atoms. The molecule has 3 aromatic rings. The molecule has 2 amide bonds. The second kappa shape index (κ2) is 9.35. The highest BCUT2D eigenvalue weighted by molar-refractivity contribution is 5.94. The fourth-order valence-corrected chi connectivity index (χ4v) is 3.13. The normalized spacial score (nSPS) is 10.9. The van der Waals surface area contributed by atoms with Crippen LogP contribution in [0.25, 0.3) is 10.9 Å². The summed E-state index contributed by atoms with van der Waals surface area (Å²) >= 11 is 0. The van der Waals surface area contributed by atoms with E-state index < -0.39 is 5.91 Å². The summed E-state index contributed by atoms with van der Waals surface area (Å²) in [7, 11) is 1.74. The van der Waals surface area contributed by atoms with Gasteiger partial charge in [0.05, 0.1) is 10.9 Å². The summed E-state index contributed by atoms with van der Waals surface area (Å²) in [6.07, 6.45) is 0.579. The van der Waals surface area contributed by atoms with Crippen LogP contribution in [-0.4, -0.2) is 46.8 Å². The Kier molecular flexibility index (Phi) is 6.61. The van der Waals surface area contributed by atoms with Crippen molar-refractivity contribution in [2.45, 2.75) is 26.2 Å². The van der Waals surface area contributed by atoms with E-state index >= 15 is 0 Å². The molecule has 3 rings (SSSR count). The van der Waals surface area contributed by atoms with Gasteiger partial charge < -0.3 is 15.2 Å². The summed E-state index contributed by atoms with van der Waals surface area (Å²) in [5, 5.41) is 3.18. The maximum Gasteiger partial charge on any atom is 0.287 e. The lowest BCUT2D eigenvalue weighted by Crippen LogP contribution is -2.32. The zero-order valence-electron chi connectivity index (χ0n) is 17.4. The van der Waals surface area contributed by atoms with Crippen molar-refractivity contribution < 1.29 is 9.59 Å². The number of nitrogens with zero attached hydrogens (tertiary/aromatic N) is 2. The molecule has 30 heavy (non-hydrogen) atoms. The molecule has 7 nitrogen and oxygen atoms in total. The fraction of sp³-hybridized carbons (Fsp3) is 0.304. The number of para-hydroxylation sites is 1. The van der Waals surface area contributed by atoms with Crippen LogP contribution in [0.1, 0.15) is 52.7 Å². The van der Waals surface area contributed by atoms with E-state index in [1.807, 2.05) is 24.3 Å². The highest BCUT2D eigenvalue weighted by atomic mass is 16.2. The summed E-state index contributed by atoms with van der Waals surface area (Å²) in [4.78, 5) is 45.2. The van der Waals surface area contributed by atoms with Crippen LogP contribution in [0.3, 0.4) is 0 Å². The Bertz CT molecular complexity index is 1100. The van der Waals surface area contributed by atoms with E-state index in [2.05, 4.69) is 29.1 Å². The van der Waals surface area contributed by atoms with E-state index in [9.17, 15) is 14.4 Å². The molecule has 0 aliphatic carbocycles. The Morgan fingerprint density at radius 3 is 2.50 bits per heavy atom. The van der Waals surface area contributed by atoms with Crippen molar-refractivity contribution in [1.29, 1.82) is 0 Å². The van der Waals surface area contributed by atoms with Crippen molar-refractivity contribution in [3.8, 4) is 0 Å². The van der Waals surface area contributed by atoms with E-state index in [0.29, 0.717) is 41.9 Å². The van der Waals surface area contributed by atoms with Crippen molar-refractivity contribution in [2.24, 2.45) is 0 Å². The maximum absolute atomic E-state index is 12.5. The first-order chi connectivity index (χ1) is 14.4. The topological polar surface area (TPSA) is 95.2 Å². The maximum atomic E-state index is 12.5. The highest BCUT2D eigenvalue weighted by Gasteiger charge is 2.13.